The topological polar surface area (TPSA) is 69.4 Å². The number of hydrogen-bond donors (Lipinski definition) is 2. The molecule has 2 N–H and O–H groups in total. The predicted octanol–water partition coefficient (Wildman–Crippen LogP) is -1.01. The van der Waals surface area contributed by atoms with Crippen molar-refractivity contribution in [3.05, 3.63) is 0 Å². The van der Waals surface area contributed by atoms with Crippen molar-refractivity contribution in [2.45, 2.75) is 6.04 Å². The van der Waals surface area contributed by atoms with E-state index in [1.165, 1.54) is 0 Å². The fraction of sp³-hybridized carbons (Fsp3) is 0.600. The number of aldehydes is 1. The third kappa shape index (κ3) is 3.47. The molecule has 0 aromatic carbocycles. The summed E-state index contributed by atoms with van der Waals surface area (Å²) in [4.78, 5) is 20.3. The minimum Gasteiger partial charge on any atom is -0.457 e. The lowest BCUT2D eigenvalue weighted by Crippen LogP contribution is -2.34. The van der Waals surface area contributed by atoms with E-state index in [2.05, 4.69) is 17.4 Å². The first-order chi connectivity index (χ1) is 4.72. The average Bonchev–Trinajstić information content (AvgIpc) is 1.98. The Labute approximate surface area is 64.1 Å². The second kappa shape index (κ2) is 5.25. The van der Waals surface area contributed by atoms with Gasteiger partial charge in [0, 0.05) is 5.75 Å². The number of ether oxygens (including phenoxy) is 1. The molecule has 10 heavy (non-hydrogen) atoms. The van der Waals surface area contributed by atoms with E-state index in [-0.39, 0.29) is 12.4 Å². The lowest BCUT2D eigenvalue weighted by Gasteiger charge is -2.04. The van der Waals surface area contributed by atoms with Crippen LogP contribution in [0.15, 0.2) is 0 Å². The second-order valence-electron chi connectivity index (χ2n) is 1.59. The molecule has 0 aliphatic carbocycles. The molecule has 0 amide bonds. The Morgan fingerprint density at radius 2 is 2.40 bits per heavy atom. The fourth-order valence-corrected chi connectivity index (χ4v) is 0.447. The van der Waals surface area contributed by atoms with Crippen molar-refractivity contribution in [1.82, 2.24) is 0 Å². The van der Waals surface area contributed by atoms with Crippen LogP contribution in [0.25, 0.3) is 0 Å². The van der Waals surface area contributed by atoms with Gasteiger partial charge in [0.2, 0.25) is 0 Å². The molecule has 5 heteroatoms. The lowest BCUT2D eigenvalue weighted by molar-refractivity contribution is -0.146. The molecule has 0 unspecified atom stereocenters. The first-order valence-electron chi connectivity index (χ1n) is 2.69. The highest BCUT2D eigenvalue weighted by atomic mass is 32.1. The molecule has 0 aliphatic rings. The van der Waals surface area contributed by atoms with Crippen LogP contribution in [0.1, 0.15) is 0 Å². The highest BCUT2D eigenvalue weighted by Gasteiger charge is 2.11. The number of rotatable bonds is 4. The van der Waals surface area contributed by atoms with Crippen LogP contribution in [-0.4, -0.2) is 30.7 Å². The molecule has 0 heterocycles. The average molecular weight is 163 g/mol. The highest BCUT2D eigenvalue weighted by Crippen LogP contribution is 1.86. The molecule has 0 fully saturated rings. The molecule has 0 spiro atoms. The van der Waals surface area contributed by atoms with E-state index in [0.717, 1.165) is 0 Å². The summed E-state index contributed by atoms with van der Waals surface area (Å²) in [5.41, 5.74) is 5.19. The van der Waals surface area contributed by atoms with Crippen molar-refractivity contribution >= 4 is 24.9 Å². The second-order valence-corrected chi connectivity index (χ2v) is 1.95. The summed E-state index contributed by atoms with van der Waals surface area (Å²) in [5.74, 6) is -0.375. The summed E-state index contributed by atoms with van der Waals surface area (Å²) in [7, 11) is 0. The molecule has 0 radical (unpaired) electrons. The van der Waals surface area contributed by atoms with Crippen LogP contribution in [0.3, 0.4) is 0 Å². The molecular formula is C5H9NO3S. The molecular weight excluding hydrogens is 154 g/mol. The molecule has 0 bridgehead atoms. The quantitative estimate of drug-likeness (QED) is 0.316. The van der Waals surface area contributed by atoms with Crippen molar-refractivity contribution in [3.63, 3.8) is 0 Å². The van der Waals surface area contributed by atoms with Crippen molar-refractivity contribution in [2.75, 3.05) is 12.4 Å². The summed E-state index contributed by atoms with van der Waals surface area (Å²) in [6.45, 7) is -0.236. The van der Waals surface area contributed by atoms with Gasteiger partial charge in [-0.1, -0.05) is 0 Å². The Kier molecular flexibility index (Phi) is 4.96. The Morgan fingerprint density at radius 3 is 2.80 bits per heavy atom. The van der Waals surface area contributed by atoms with E-state index in [9.17, 15) is 9.59 Å². The van der Waals surface area contributed by atoms with Gasteiger partial charge in [-0.15, -0.1) is 0 Å². The van der Waals surface area contributed by atoms with Gasteiger partial charge in [0.05, 0.1) is 0 Å². The van der Waals surface area contributed by atoms with Gasteiger partial charge < -0.3 is 10.5 Å². The monoisotopic (exact) mass is 163 g/mol. The van der Waals surface area contributed by atoms with E-state index < -0.39 is 12.0 Å². The van der Waals surface area contributed by atoms with Gasteiger partial charge >= 0.3 is 5.97 Å². The third-order valence-corrected chi connectivity index (χ3v) is 1.19. The van der Waals surface area contributed by atoms with Crippen molar-refractivity contribution in [2.24, 2.45) is 5.73 Å². The van der Waals surface area contributed by atoms with Crippen LogP contribution in [0, 0.1) is 0 Å². The predicted molar refractivity (Wildman–Crippen MR) is 38.9 cm³/mol. The Balaban J connectivity index is 3.51. The SMILES string of the molecule is N[C@@H](CS)C(=O)OCC=O. The molecule has 0 saturated heterocycles. The summed E-state index contributed by atoms with van der Waals surface area (Å²) < 4.78 is 4.36. The van der Waals surface area contributed by atoms with Gasteiger partial charge in [-0.2, -0.15) is 12.6 Å². The van der Waals surface area contributed by atoms with Gasteiger partial charge in [-0.05, 0) is 0 Å². The standard InChI is InChI=1S/C5H9NO3S/c6-4(3-10)5(8)9-2-1-7/h1,4,10H,2-3,6H2/t4-/m0/s1. The minimum atomic E-state index is -0.733. The van der Waals surface area contributed by atoms with Crippen LogP contribution >= 0.6 is 12.6 Å². The molecule has 0 aromatic heterocycles. The summed E-state index contributed by atoms with van der Waals surface area (Å²) in [5, 5.41) is 0. The van der Waals surface area contributed by atoms with E-state index in [1.54, 1.807) is 0 Å². The maximum atomic E-state index is 10.6. The molecule has 0 aromatic rings. The first-order valence-corrected chi connectivity index (χ1v) is 3.32. The van der Waals surface area contributed by atoms with Crippen LogP contribution in [-0.2, 0) is 14.3 Å². The lowest BCUT2D eigenvalue weighted by atomic mass is 10.4. The largest absolute Gasteiger partial charge is 0.457 e. The normalized spacial score (nSPS) is 12.2. The van der Waals surface area contributed by atoms with E-state index >= 15 is 0 Å². The van der Waals surface area contributed by atoms with Crippen LogP contribution < -0.4 is 5.73 Å². The van der Waals surface area contributed by atoms with Gasteiger partial charge in [0.25, 0.3) is 0 Å². The zero-order valence-corrected chi connectivity index (χ0v) is 6.21. The summed E-state index contributed by atoms with van der Waals surface area (Å²) in [6, 6.07) is -0.733. The van der Waals surface area contributed by atoms with Gasteiger partial charge in [0.15, 0.2) is 6.29 Å². The Morgan fingerprint density at radius 1 is 1.80 bits per heavy atom. The molecule has 4 nitrogen and oxygen atoms in total. The number of esters is 1. The Hall–Kier alpha value is -0.550. The number of nitrogens with two attached hydrogens (primary N) is 1. The van der Waals surface area contributed by atoms with E-state index in [4.69, 9.17) is 5.73 Å². The van der Waals surface area contributed by atoms with Gasteiger partial charge in [0.1, 0.15) is 12.6 Å². The first kappa shape index (κ1) is 9.45. The van der Waals surface area contributed by atoms with Crippen molar-refractivity contribution in [1.29, 1.82) is 0 Å². The third-order valence-electron chi connectivity index (χ3n) is 0.793. The number of thiol groups is 1. The van der Waals surface area contributed by atoms with Gasteiger partial charge in [-0.3, -0.25) is 9.59 Å². The molecule has 58 valence electrons. The van der Waals surface area contributed by atoms with Crippen LogP contribution in [0.2, 0.25) is 0 Å². The molecule has 1 atom stereocenters. The summed E-state index contributed by atoms with van der Waals surface area (Å²) >= 11 is 3.76. The van der Waals surface area contributed by atoms with E-state index in [0.29, 0.717) is 6.29 Å². The highest BCUT2D eigenvalue weighted by molar-refractivity contribution is 7.80. The Bertz CT molecular complexity index is 128. The number of carbonyl (C=O) groups is 2. The number of carbonyl (C=O) groups excluding carboxylic acids is 2. The zero-order chi connectivity index (χ0) is 7.98. The molecule has 0 aliphatic heterocycles. The maximum Gasteiger partial charge on any atom is 0.324 e. The zero-order valence-electron chi connectivity index (χ0n) is 5.32. The van der Waals surface area contributed by atoms with Crippen LogP contribution in [0.4, 0.5) is 0 Å². The minimum absolute atomic E-state index is 0.220. The summed E-state index contributed by atoms with van der Waals surface area (Å²) in [6.07, 6.45) is 0.489. The van der Waals surface area contributed by atoms with E-state index in [1.807, 2.05) is 0 Å². The fourth-order valence-electron chi connectivity index (χ4n) is 0.298. The van der Waals surface area contributed by atoms with Crippen molar-refractivity contribution < 1.29 is 14.3 Å². The van der Waals surface area contributed by atoms with Gasteiger partial charge in [-0.25, -0.2) is 0 Å². The molecule has 0 saturated carbocycles. The maximum absolute atomic E-state index is 10.6. The molecule has 0 rings (SSSR count). The van der Waals surface area contributed by atoms with Crippen LogP contribution in [0.5, 0.6) is 0 Å². The van der Waals surface area contributed by atoms with Crippen molar-refractivity contribution in [3.8, 4) is 0 Å². The number of hydrogen-bond acceptors (Lipinski definition) is 5. The smallest absolute Gasteiger partial charge is 0.324 e.